The molecule has 3 aromatic rings. The summed E-state index contributed by atoms with van der Waals surface area (Å²) in [6.07, 6.45) is 3.10. The third-order valence-electron chi connectivity index (χ3n) is 5.13. The molecule has 1 aromatic heterocycles. The molecule has 10 heteroatoms. The summed E-state index contributed by atoms with van der Waals surface area (Å²) in [6, 6.07) is 11.6. The van der Waals surface area contributed by atoms with Gasteiger partial charge in [0.15, 0.2) is 0 Å². The predicted octanol–water partition coefficient (Wildman–Crippen LogP) is 3.78. The number of nitrogens with zero attached hydrogens (tertiary/aromatic N) is 2. The van der Waals surface area contributed by atoms with Gasteiger partial charge in [0.05, 0.1) is 24.6 Å². The largest absolute Gasteiger partial charge is 0.495 e. The first-order chi connectivity index (χ1) is 14.9. The average molecular weight is 461 g/mol. The van der Waals surface area contributed by atoms with Crippen molar-refractivity contribution in [2.75, 3.05) is 25.5 Å². The molecule has 1 saturated heterocycles. The van der Waals surface area contributed by atoms with Crippen molar-refractivity contribution in [2.24, 2.45) is 0 Å². The number of amides is 1. The maximum atomic E-state index is 12.9. The van der Waals surface area contributed by atoms with Gasteiger partial charge < -0.3 is 10.1 Å². The molecule has 0 aliphatic carbocycles. The Kier molecular flexibility index (Phi) is 5.99. The Morgan fingerprint density at radius 3 is 2.65 bits per heavy atom. The summed E-state index contributed by atoms with van der Waals surface area (Å²) in [5.74, 6) is -0.246. The molecule has 1 amide bonds. The Labute approximate surface area is 185 Å². The summed E-state index contributed by atoms with van der Waals surface area (Å²) < 4.78 is 32.6. The quantitative estimate of drug-likeness (QED) is 0.582. The van der Waals surface area contributed by atoms with Crippen LogP contribution in [0, 0.1) is 0 Å². The van der Waals surface area contributed by atoms with Crippen molar-refractivity contribution in [2.45, 2.75) is 17.7 Å². The first-order valence-corrected chi connectivity index (χ1v) is 11.5. The number of aromatic nitrogens is 2. The lowest BCUT2D eigenvalue weighted by Crippen LogP contribution is -2.28. The van der Waals surface area contributed by atoms with E-state index in [9.17, 15) is 13.2 Å². The van der Waals surface area contributed by atoms with E-state index in [4.69, 9.17) is 16.3 Å². The van der Waals surface area contributed by atoms with E-state index in [0.29, 0.717) is 40.6 Å². The SMILES string of the molecule is COc1cc(NC(=O)c2cn[nH]c2-c2ccccc2Cl)ccc1S(=O)(=O)N1CCCC1. The van der Waals surface area contributed by atoms with Gasteiger partial charge in [-0.3, -0.25) is 9.89 Å². The lowest BCUT2D eigenvalue weighted by molar-refractivity contribution is 0.102. The van der Waals surface area contributed by atoms with E-state index in [1.54, 1.807) is 24.3 Å². The summed E-state index contributed by atoms with van der Waals surface area (Å²) in [6.45, 7) is 0.991. The molecule has 0 unspecified atom stereocenters. The molecule has 0 radical (unpaired) electrons. The molecule has 1 aliphatic heterocycles. The number of nitrogens with one attached hydrogen (secondary N) is 2. The molecule has 162 valence electrons. The van der Waals surface area contributed by atoms with E-state index in [2.05, 4.69) is 15.5 Å². The highest BCUT2D eigenvalue weighted by molar-refractivity contribution is 7.89. The van der Waals surface area contributed by atoms with E-state index in [1.807, 2.05) is 6.07 Å². The molecular weight excluding hydrogens is 440 g/mol. The van der Waals surface area contributed by atoms with Crippen LogP contribution in [0.1, 0.15) is 23.2 Å². The minimum Gasteiger partial charge on any atom is -0.495 e. The summed E-state index contributed by atoms with van der Waals surface area (Å²) in [5, 5.41) is 10.0. The van der Waals surface area contributed by atoms with Crippen LogP contribution in [-0.2, 0) is 10.0 Å². The smallest absolute Gasteiger partial charge is 0.259 e. The minimum absolute atomic E-state index is 0.0787. The normalized spacial score (nSPS) is 14.5. The summed E-state index contributed by atoms with van der Waals surface area (Å²) in [4.78, 5) is 13.0. The number of carbonyl (C=O) groups is 1. The molecule has 2 heterocycles. The number of carbonyl (C=O) groups excluding carboxylic acids is 1. The van der Waals surface area contributed by atoms with Gasteiger partial charge in [-0.05, 0) is 31.0 Å². The van der Waals surface area contributed by atoms with Crippen molar-refractivity contribution in [3.63, 3.8) is 0 Å². The van der Waals surface area contributed by atoms with E-state index in [0.717, 1.165) is 12.8 Å². The lowest BCUT2D eigenvalue weighted by atomic mass is 10.1. The number of benzene rings is 2. The van der Waals surface area contributed by atoms with Crippen LogP contribution in [0.3, 0.4) is 0 Å². The van der Waals surface area contributed by atoms with Crippen LogP contribution in [0.2, 0.25) is 5.02 Å². The topological polar surface area (TPSA) is 104 Å². The molecule has 2 aromatic carbocycles. The zero-order valence-corrected chi connectivity index (χ0v) is 18.3. The second-order valence-corrected chi connectivity index (χ2v) is 9.38. The third kappa shape index (κ3) is 4.16. The van der Waals surface area contributed by atoms with Crippen molar-refractivity contribution < 1.29 is 17.9 Å². The van der Waals surface area contributed by atoms with E-state index >= 15 is 0 Å². The van der Waals surface area contributed by atoms with Gasteiger partial charge in [0.1, 0.15) is 10.6 Å². The number of H-pyrrole nitrogens is 1. The fourth-order valence-corrected chi connectivity index (χ4v) is 5.44. The number of hydrogen-bond acceptors (Lipinski definition) is 5. The number of halogens is 1. The lowest BCUT2D eigenvalue weighted by Gasteiger charge is -2.18. The summed E-state index contributed by atoms with van der Waals surface area (Å²) in [7, 11) is -2.25. The Morgan fingerprint density at radius 2 is 1.94 bits per heavy atom. The van der Waals surface area contributed by atoms with Gasteiger partial charge in [-0.1, -0.05) is 29.8 Å². The summed E-state index contributed by atoms with van der Waals surface area (Å²) >= 11 is 6.25. The van der Waals surface area contributed by atoms with Gasteiger partial charge in [-0.25, -0.2) is 8.42 Å². The predicted molar refractivity (Wildman–Crippen MR) is 118 cm³/mol. The average Bonchev–Trinajstić information content (AvgIpc) is 3.46. The minimum atomic E-state index is -3.65. The molecule has 31 heavy (non-hydrogen) atoms. The fourth-order valence-electron chi connectivity index (χ4n) is 3.55. The zero-order chi connectivity index (χ0) is 22.0. The van der Waals surface area contributed by atoms with Crippen LogP contribution in [0.4, 0.5) is 5.69 Å². The molecular formula is C21H21ClN4O4S. The number of ether oxygens (including phenoxy) is 1. The fraction of sp³-hybridized carbons (Fsp3) is 0.238. The number of sulfonamides is 1. The molecule has 4 rings (SSSR count). The zero-order valence-electron chi connectivity index (χ0n) is 16.8. The van der Waals surface area contributed by atoms with Crippen LogP contribution < -0.4 is 10.1 Å². The highest BCUT2D eigenvalue weighted by atomic mass is 35.5. The van der Waals surface area contributed by atoms with Crippen LogP contribution >= 0.6 is 11.6 Å². The standard InChI is InChI=1S/C21H21ClN4O4S/c1-30-18-12-14(8-9-19(18)31(28,29)26-10-4-5-11-26)24-21(27)16-13-23-25-20(16)15-6-2-3-7-17(15)22/h2-3,6-9,12-13H,4-5,10-11H2,1H3,(H,23,25)(H,24,27). The van der Waals surface area contributed by atoms with Crippen molar-refractivity contribution in [1.29, 1.82) is 0 Å². The monoisotopic (exact) mass is 460 g/mol. The van der Waals surface area contributed by atoms with Crippen LogP contribution in [0.5, 0.6) is 5.75 Å². The molecule has 0 spiro atoms. The summed E-state index contributed by atoms with van der Waals surface area (Å²) in [5.41, 5.74) is 1.84. The number of rotatable bonds is 6. The Hall–Kier alpha value is -2.88. The highest BCUT2D eigenvalue weighted by Gasteiger charge is 2.30. The van der Waals surface area contributed by atoms with Gasteiger partial charge in [0, 0.05) is 35.4 Å². The van der Waals surface area contributed by atoms with E-state index in [1.165, 1.54) is 29.7 Å². The van der Waals surface area contributed by atoms with Gasteiger partial charge in [-0.15, -0.1) is 0 Å². The Bertz CT molecular complexity index is 1220. The van der Waals surface area contributed by atoms with Crippen LogP contribution in [-0.4, -0.2) is 49.0 Å². The van der Waals surface area contributed by atoms with E-state index in [-0.39, 0.29) is 10.6 Å². The number of hydrogen-bond donors (Lipinski definition) is 2. The maximum Gasteiger partial charge on any atom is 0.259 e. The maximum absolute atomic E-state index is 12.9. The van der Waals surface area contributed by atoms with E-state index < -0.39 is 15.9 Å². The second-order valence-electron chi connectivity index (χ2n) is 7.07. The first-order valence-electron chi connectivity index (χ1n) is 9.69. The second kappa shape index (κ2) is 8.70. The van der Waals surface area contributed by atoms with Gasteiger partial charge in [0.2, 0.25) is 10.0 Å². The Balaban J connectivity index is 1.61. The van der Waals surface area contributed by atoms with Crippen molar-refractivity contribution in [3.05, 3.63) is 59.2 Å². The number of anilines is 1. The van der Waals surface area contributed by atoms with Gasteiger partial charge >= 0.3 is 0 Å². The van der Waals surface area contributed by atoms with Crippen LogP contribution in [0.25, 0.3) is 11.3 Å². The van der Waals surface area contributed by atoms with Crippen molar-refractivity contribution in [3.8, 4) is 17.0 Å². The van der Waals surface area contributed by atoms with Crippen molar-refractivity contribution >= 4 is 33.2 Å². The van der Waals surface area contributed by atoms with Crippen molar-refractivity contribution in [1.82, 2.24) is 14.5 Å². The molecule has 1 aliphatic rings. The highest BCUT2D eigenvalue weighted by Crippen LogP contribution is 2.32. The first kappa shape index (κ1) is 21.4. The molecule has 0 bridgehead atoms. The third-order valence-corrected chi connectivity index (χ3v) is 7.40. The molecule has 1 fully saturated rings. The molecule has 0 atom stereocenters. The van der Waals surface area contributed by atoms with Gasteiger partial charge in [0.25, 0.3) is 5.91 Å². The molecule has 8 nitrogen and oxygen atoms in total. The molecule has 0 saturated carbocycles. The number of aromatic amines is 1. The Morgan fingerprint density at radius 1 is 1.19 bits per heavy atom. The van der Waals surface area contributed by atoms with Gasteiger partial charge in [-0.2, -0.15) is 9.40 Å². The van der Waals surface area contributed by atoms with Crippen LogP contribution in [0.15, 0.2) is 53.6 Å². The number of methoxy groups -OCH3 is 1. The molecule has 2 N–H and O–H groups in total.